The van der Waals surface area contributed by atoms with Crippen LogP contribution in [0.3, 0.4) is 0 Å². The molecule has 258 valence electrons. The monoisotopic (exact) mass is 677 g/mol. The van der Waals surface area contributed by atoms with Crippen molar-refractivity contribution in [3.63, 3.8) is 0 Å². The molecule has 49 heavy (non-hydrogen) atoms. The van der Waals surface area contributed by atoms with E-state index in [-0.39, 0.29) is 53.5 Å². The van der Waals surface area contributed by atoms with Crippen LogP contribution in [0, 0.1) is 13.8 Å². The topological polar surface area (TPSA) is 108 Å². The van der Waals surface area contributed by atoms with Crippen LogP contribution in [-0.2, 0) is 24.5 Å². The van der Waals surface area contributed by atoms with Gasteiger partial charge in [-0.25, -0.2) is 14.8 Å². The second kappa shape index (κ2) is 12.4. The van der Waals surface area contributed by atoms with Crippen LogP contribution in [0.5, 0.6) is 5.75 Å². The molecule has 0 spiro atoms. The highest BCUT2D eigenvalue weighted by molar-refractivity contribution is 6.15. The van der Waals surface area contributed by atoms with Gasteiger partial charge in [-0.05, 0) is 76.1 Å². The highest BCUT2D eigenvalue weighted by atomic mass is 19.4. The van der Waals surface area contributed by atoms with Crippen molar-refractivity contribution in [1.82, 2.24) is 29.2 Å². The van der Waals surface area contributed by atoms with Crippen molar-refractivity contribution in [2.75, 3.05) is 31.6 Å². The number of likely N-dealkylation sites (N-methyl/N-ethyl adjacent to an activating group) is 1. The van der Waals surface area contributed by atoms with Gasteiger partial charge in [0.05, 0.1) is 17.3 Å². The summed E-state index contributed by atoms with van der Waals surface area (Å²) >= 11 is 0. The molecule has 2 aliphatic rings. The number of halogens is 3. The molecule has 5 heterocycles. The Bertz CT molecular complexity index is 1970. The number of carbonyl (C=O) groups is 2. The maximum absolute atomic E-state index is 14.1. The van der Waals surface area contributed by atoms with E-state index in [0.717, 1.165) is 10.2 Å². The molecule has 6 rings (SSSR count). The number of alkyl halides is 3. The molecule has 1 aromatic carbocycles. The van der Waals surface area contributed by atoms with Gasteiger partial charge in [0, 0.05) is 69.0 Å². The van der Waals surface area contributed by atoms with Gasteiger partial charge >= 0.3 is 12.3 Å². The van der Waals surface area contributed by atoms with Crippen molar-refractivity contribution in [3.8, 4) is 16.9 Å². The van der Waals surface area contributed by atoms with Gasteiger partial charge < -0.3 is 23.8 Å². The summed E-state index contributed by atoms with van der Waals surface area (Å²) in [5.74, 6) is 1.12. The third-order valence-electron chi connectivity index (χ3n) is 8.43. The van der Waals surface area contributed by atoms with Crippen LogP contribution in [0.2, 0.25) is 0 Å². The number of fused-ring (bicyclic) bond motifs is 1. The number of nitrogens with zero attached hydrogens (tertiary/aromatic N) is 7. The lowest BCUT2D eigenvalue weighted by atomic mass is 9.91. The number of hydrogen-bond acceptors (Lipinski definition) is 8. The number of anilines is 1. The lowest BCUT2D eigenvalue weighted by Crippen LogP contribution is -2.60. The van der Waals surface area contributed by atoms with E-state index in [1.807, 2.05) is 56.2 Å². The molecule has 3 aromatic heterocycles. The number of rotatable bonds is 6. The molecule has 14 heteroatoms. The van der Waals surface area contributed by atoms with E-state index in [1.165, 1.54) is 13.2 Å². The maximum atomic E-state index is 14.1. The molecule has 0 radical (unpaired) electrons. The number of benzene rings is 1. The standard InChI is InChI=1S/C35H38F3N7O4/c1-20-10-24(40-29(11-20)45-16-25(17-45)43(7)33(47)49-34(3,4)5)14-23-19-48-31-26(28-18-42(6)41-32(28)35(36,37)38)12-22(13-27(31)30(23)46)15-44-9-8-39-21(44)2/h8-14,18,25H,15-17,19H2,1-7H3/b23-14+. The van der Waals surface area contributed by atoms with Crippen LogP contribution >= 0.6 is 0 Å². The average molecular weight is 678 g/mol. The number of aryl methyl sites for hydroxylation is 3. The zero-order chi connectivity index (χ0) is 35.4. The van der Waals surface area contributed by atoms with Crippen LogP contribution in [0.4, 0.5) is 23.8 Å². The molecule has 0 unspecified atom stereocenters. The predicted molar refractivity (Wildman–Crippen MR) is 176 cm³/mol. The van der Waals surface area contributed by atoms with Gasteiger partial charge in [-0.15, -0.1) is 0 Å². The third kappa shape index (κ3) is 7.03. The third-order valence-corrected chi connectivity index (χ3v) is 8.43. The zero-order valence-corrected chi connectivity index (χ0v) is 28.4. The Labute approximate surface area is 282 Å². The fourth-order valence-corrected chi connectivity index (χ4v) is 5.92. The van der Waals surface area contributed by atoms with Crippen molar-refractivity contribution in [1.29, 1.82) is 0 Å². The number of Topliss-reactive ketones (excluding diaryl/α,β-unsaturated/α-hetero) is 1. The lowest BCUT2D eigenvalue weighted by Gasteiger charge is -2.44. The van der Waals surface area contributed by atoms with Crippen molar-refractivity contribution in [2.45, 2.75) is 59.0 Å². The molecule has 0 aliphatic carbocycles. The summed E-state index contributed by atoms with van der Waals surface area (Å²) in [6.45, 7) is 10.5. The number of ether oxygens (including phenoxy) is 2. The summed E-state index contributed by atoms with van der Waals surface area (Å²) in [5.41, 5.74) is 0.826. The first-order chi connectivity index (χ1) is 23.0. The largest absolute Gasteiger partial charge is 0.487 e. The minimum absolute atomic E-state index is 0.0454. The van der Waals surface area contributed by atoms with Crippen molar-refractivity contribution in [2.24, 2.45) is 7.05 Å². The van der Waals surface area contributed by atoms with Crippen LogP contribution in [-0.4, -0.2) is 79.5 Å². The van der Waals surface area contributed by atoms with Crippen molar-refractivity contribution < 1.29 is 32.2 Å². The molecule has 4 aromatic rings. The van der Waals surface area contributed by atoms with Gasteiger partial charge in [-0.3, -0.25) is 9.48 Å². The molecule has 2 aliphatic heterocycles. The van der Waals surface area contributed by atoms with Gasteiger partial charge in [0.15, 0.2) is 11.5 Å². The summed E-state index contributed by atoms with van der Waals surface area (Å²) in [4.78, 5) is 39.2. The molecule has 0 saturated carbocycles. The quantitative estimate of drug-likeness (QED) is 0.226. The fourth-order valence-electron chi connectivity index (χ4n) is 5.92. The molecule has 0 bridgehead atoms. The minimum Gasteiger partial charge on any atom is -0.487 e. The number of hydrogen-bond donors (Lipinski definition) is 0. The summed E-state index contributed by atoms with van der Waals surface area (Å²) in [6.07, 6.45) is 1.23. The Morgan fingerprint density at radius 2 is 1.82 bits per heavy atom. The molecular formula is C35H38F3N7O4. The van der Waals surface area contributed by atoms with Gasteiger partial charge in [0.2, 0.25) is 0 Å². The predicted octanol–water partition coefficient (Wildman–Crippen LogP) is 6.08. The number of aromatic nitrogens is 5. The summed E-state index contributed by atoms with van der Waals surface area (Å²) in [5, 5.41) is 3.68. The van der Waals surface area contributed by atoms with E-state index in [4.69, 9.17) is 14.5 Å². The number of ketones is 1. The molecule has 1 amide bonds. The minimum atomic E-state index is -4.72. The van der Waals surface area contributed by atoms with E-state index in [2.05, 4.69) is 10.1 Å². The lowest BCUT2D eigenvalue weighted by molar-refractivity contribution is -0.141. The van der Waals surface area contributed by atoms with Crippen molar-refractivity contribution >= 4 is 23.8 Å². The van der Waals surface area contributed by atoms with Gasteiger partial charge in [0.1, 0.15) is 29.6 Å². The highest BCUT2D eigenvalue weighted by Gasteiger charge is 2.39. The maximum Gasteiger partial charge on any atom is 0.435 e. The van der Waals surface area contributed by atoms with E-state index < -0.39 is 17.5 Å². The summed E-state index contributed by atoms with van der Waals surface area (Å²) < 4.78 is 56.8. The Kier molecular flexibility index (Phi) is 8.53. The highest BCUT2D eigenvalue weighted by Crippen LogP contribution is 2.44. The molecule has 0 atom stereocenters. The van der Waals surface area contributed by atoms with Gasteiger partial charge in [-0.2, -0.15) is 18.3 Å². The van der Waals surface area contributed by atoms with Crippen LogP contribution in [0.15, 0.2) is 48.4 Å². The number of carbonyl (C=O) groups excluding carboxylic acids is 2. The molecule has 11 nitrogen and oxygen atoms in total. The SMILES string of the molecule is Cc1cc(/C=C2\COc3c(cc(Cn4ccnc4C)cc3-c3cn(C)nc3C(F)(F)F)C2=O)nc(N2CC(N(C)C(=O)OC(C)(C)C)C2)c1. The van der Waals surface area contributed by atoms with Crippen LogP contribution in [0.25, 0.3) is 17.2 Å². The Morgan fingerprint density at radius 3 is 2.47 bits per heavy atom. The first-order valence-corrected chi connectivity index (χ1v) is 15.8. The Hall–Kier alpha value is -5.14. The molecule has 1 saturated heterocycles. The van der Waals surface area contributed by atoms with Crippen LogP contribution in [0.1, 0.15) is 59.5 Å². The smallest absolute Gasteiger partial charge is 0.435 e. The Balaban J connectivity index is 1.31. The number of pyridine rings is 1. The zero-order valence-electron chi connectivity index (χ0n) is 28.4. The van der Waals surface area contributed by atoms with Gasteiger partial charge in [0.25, 0.3) is 0 Å². The Morgan fingerprint density at radius 1 is 1.10 bits per heavy atom. The van der Waals surface area contributed by atoms with E-state index in [0.29, 0.717) is 41.6 Å². The second-order valence-corrected chi connectivity index (χ2v) is 13.6. The average Bonchev–Trinajstić information content (AvgIpc) is 3.57. The fraction of sp³-hybridized carbons (Fsp3) is 0.400. The van der Waals surface area contributed by atoms with E-state index in [1.54, 1.807) is 42.6 Å². The van der Waals surface area contributed by atoms with Gasteiger partial charge in [-0.1, -0.05) is 0 Å². The molecule has 0 N–H and O–H groups in total. The number of imidazole rings is 1. The second-order valence-electron chi connectivity index (χ2n) is 13.6. The van der Waals surface area contributed by atoms with E-state index >= 15 is 0 Å². The normalized spacial score (nSPS) is 16.0. The molecule has 1 fully saturated rings. The van der Waals surface area contributed by atoms with E-state index in [9.17, 15) is 22.8 Å². The summed E-state index contributed by atoms with van der Waals surface area (Å²) in [6, 6.07) is 7.01. The van der Waals surface area contributed by atoms with Crippen molar-refractivity contribution in [3.05, 3.63) is 82.3 Å². The summed E-state index contributed by atoms with van der Waals surface area (Å²) in [7, 11) is 3.13. The number of amides is 1. The van der Waals surface area contributed by atoms with Crippen LogP contribution < -0.4 is 9.64 Å². The molecular weight excluding hydrogens is 639 g/mol. The first kappa shape index (κ1) is 33.7. The first-order valence-electron chi connectivity index (χ1n) is 15.8.